The molecule has 0 unspecified atom stereocenters. The lowest BCUT2D eigenvalue weighted by Crippen LogP contribution is -2.33. The zero-order valence-electron chi connectivity index (χ0n) is 6.09. The molecule has 0 bridgehead atoms. The molecule has 0 aromatic rings. The molecule has 0 saturated heterocycles. The van der Waals surface area contributed by atoms with Crippen molar-refractivity contribution in [2.24, 2.45) is 0 Å². The number of carbonyl (C=O) groups is 1. The molecule has 4 heteroatoms. The molecule has 1 N–H and O–H groups in total. The highest BCUT2D eigenvalue weighted by Crippen LogP contribution is 1.88. The summed E-state index contributed by atoms with van der Waals surface area (Å²) in [7, 11) is 2.77. The average molecular weight is 145 g/mol. The van der Waals surface area contributed by atoms with Gasteiger partial charge in [0.15, 0.2) is 0 Å². The number of ether oxygens (including phenoxy) is 2. The number of nitrogens with one attached hydrogen (secondary N) is 1. The van der Waals surface area contributed by atoms with Crippen LogP contribution in [0.25, 0.3) is 0 Å². The fraction of sp³-hybridized carbons (Fsp3) is 0.500. The normalized spacial score (nSPS) is 9.50. The van der Waals surface area contributed by atoms with Crippen molar-refractivity contribution < 1.29 is 14.3 Å². The molecule has 0 saturated carbocycles. The van der Waals surface area contributed by atoms with Gasteiger partial charge in [0.25, 0.3) is 5.91 Å². The molecule has 0 rings (SSSR count). The van der Waals surface area contributed by atoms with Crippen molar-refractivity contribution >= 4 is 5.91 Å². The Morgan fingerprint density at radius 3 is 2.40 bits per heavy atom. The fourth-order valence-corrected chi connectivity index (χ4v) is 0.479. The second-order valence-corrected chi connectivity index (χ2v) is 1.52. The Balaban J connectivity index is 3.76. The van der Waals surface area contributed by atoms with E-state index in [1.807, 2.05) is 0 Å². The van der Waals surface area contributed by atoms with E-state index in [4.69, 9.17) is 0 Å². The second-order valence-electron chi connectivity index (χ2n) is 1.52. The first-order valence-electron chi connectivity index (χ1n) is 2.73. The molecule has 0 aliphatic heterocycles. The Morgan fingerprint density at radius 1 is 1.60 bits per heavy atom. The van der Waals surface area contributed by atoms with Gasteiger partial charge in [0, 0.05) is 14.2 Å². The maximum Gasteiger partial charge on any atom is 0.280 e. The number of rotatable bonds is 4. The number of hydrogen-bond acceptors (Lipinski definition) is 3. The van der Waals surface area contributed by atoms with Crippen molar-refractivity contribution in [1.29, 1.82) is 0 Å². The number of carbonyl (C=O) groups excluding carboxylic acids is 1. The van der Waals surface area contributed by atoms with E-state index in [2.05, 4.69) is 21.4 Å². The summed E-state index contributed by atoms with van der Waals surface area (Å²) in [6, 6.07) is 0. The van der Waals surface area contributed by atoms with Crippen molar-refractivity contribution in [2.45, 2.75) is 6.29 Å². The van der Waals surface area contributed by atoms with Crippen LogP contribution in [-0.4, -0.2) is 26.4 Å². The third-order valence-electron chi connectivity index (χ3n) is 0.887. The first kappa shape index (κ1) is 9.13. The van der Waals surface area contributed by atoms with Crippen molar-refractivity contribution in [3.63, 3.8) is 0 Å². The van der Waals surface area contributed by atoms with Crippen LogP contribution in [-0.2, 0) is 14.3 Å². The van der Waals surface area contributed by atoms with Crippen LogP contribution in [0.5, 0.6) is 0 Å². The van der Waals surface area contributed by atoms with Gasteiger partial charge in [0.05, 0.1) is 0 Å². The first-order chi connectivity index (χ1) is 4.76. The van der Waals surface area contributed by atoms with E-state index in [9.17, 15) is 4.79 Å². The topological polar surface area (TPSA) is 47.6 Å². The van der Waals surface area contributed by atoms with Crippen molar-refractivity contribution in [2.75, 3.05) is 14.2 Å². The van der Waals surface area contributed by atoms with Crippen LogP contribution in [0.4, 0.5) is 0 Å². The minimum absolute atomic E-state index is 0.361. The Labute approximate surface area is 59.8 Å². The molecule has 0 aliphatic carbocycles. The molecule has 58 valence electrons. The zero-order chi connectivity index (χ0) is 7.98. The molecule has 10 heavy (non-hydrogen) atoms. The molecular formula is C6H11NO3. The number of amides is 1. The Hall–Kier alpha value is -0.870. The molecule has 0 atom stereocenters. The van der Waals surface area contributed by atoms with E-state index in [1.54, 1.807) is 0 Å². The fourth-order valence-electron chi connectivity index (χ4n) is 0.479. The largest absolute Gasteiger partial charge is 0.348 e. The van der Waals surface area contributed by atoms with Gasteiger partial charge >= 0.3 is 0 Å². The molecule has 0 heterocycles. The van der Waals surface area contributed by atoms with E-state index in [0.717, 1.165) is 0 Å². The minimum Gasteiger partial charge on any atom is -0.348 e. The van der Waals surface area contributed by atoms with Gasteiger partial charge in [0.1, 0.15) is 0 Å². The lowest BCUT2D eigenvalue weighted by molar-refractivity contribution is -0.157. The highest BCUT2D eigenvalue weighted by molar-refractivity contribution is 5.80. The van der Waals surface area contributed by atoms with Crippen LogP contribution in [0.15, 0.2) is 12.8 Å². The predicted octanol–water partition coefficient (Wildman–Crippen LogP) is -0.135. The highest BCUT2D eigenvalue weighted by atomic mass is 16.7. The summed E-state index contributed by atoms with van der Waals surface area (Å²) in [5.41, 5.74) is 0. The van der Waals surface area contributed by atoms with Gasteiger partial charge < -0.3 is 14.8 Å². The average Bonchev–Trinajstić information content (AvgIpc) is 1.91. The summed E-state index contributed by atoms with van der Waals surface area (Å²) in [4.78, 5) is 10.8. The Morgan fingerprint density at radius 2 is 2.10 bits per heavy atom. The quantitative estimate of drug-likeness (QED) is 0.560. The van der Waals surface area contributed by atoms with Gasteiger partial charge in [-0.1, -0.05) is 6.58 Å². The van der Waals surface area contributed by atoms with Gasteiger partial charge in [-0.15, -0.1) is 0 Å². The van der Waals surface area contributed by atoms with E-state index >= 15 is 0 Å². The SMILES string of the molecule is C=CNC(=O)C(OC)OC. The zero-order valence-corrected chi connectivity index (χ0v) is 6.09. The van der Waals surface area contributed by atoms with Crippen molar-refractivity contribution in [3.8, 4) is 0 Å². The standard InChI is InChI=1S/C6H11NO3/c1-4-7-5(8)6(9-2)10-3/h4,6H,1H2,2-3H3,(H,7,8). The molecule has 0 radical (unpaired) electrons. The third-order valence-corrected chi connectivity index (χ3v) is 0.887. The van der Waals surface area contributed by atoms with Gasteiger partial charge in [0.2, 0.25) is 6.29 Å². The van der Waals surface area contributed by atoms with Crippen LogP contribution in [0.2, 0.25) is 0 Å². The van der Waals surface area contributed by atoms with Gasteiger partial charge in [-0.05, 0) is 6.20 Å². The summed E-state index contributed by atoms with van der Waals surface area (Å²) >= 11 is 0. The Kier molecular flexibility index (Phi) is 4.53. The molecule has 0 fully saturated rings. The van der Waals surface area contributed by atoms with E-state index in [-0.39, 0.29) is 5.91 Å². The summed E-state index contributed by atoms with van der Waals surface area (Å²) < 4.78 is 9.26. The summed E-state index contributed by atoms with van der Waals surface area (Å²) in [6.07, 6.45) is 0.422. The van der Waals surface area contributed by atoms with Gasteiger partial charge in [-0.3, -0.25) is 4.79 Å². The molecule has 4 nitrogen and oxygen atoms in total. The van der Waals surface area contributed by atoms with Crippen LogP contribution in [0.3, 0.4) is 0 Å². The second kappa shape index (κ2) is 4.96. The third kappa shape index (κ3) is 2.61. The lowest BCUT2D eigenvalue weighted by atomic mass is 10.6. The van der Waals surface area contributed by atoms with Gasteiger partial charge in [-0.2, -0.15) is 0 Å². The maximum atomic E-state index is 10.8. The van der Waals surface area contributed by atoms with Crippen LogP contribution in [0, 0.1) is 0 Å². The maximum absolute atomic E-state index is 10.8. The highest BCUT2D eigenvalue weighted by Gasteiger charge is 2.13. The van der Waals surface area contributed by atoms with Crippen molar-refractivity contribution in [3.05, 3.63) is 12.8 Å². The van der Waals surface area contributed by atoms with E-state index in [1.165, 1.54) is 20.4 Å². The summed E-state index contributed by atoms with van der Waals surface area (Å²) in [6.45, 7) is 3.31. The minimum atomic E-state index is -0.849. The summed E-state index contributed by atoms with van der Waals surface area (Å²) in [5.74, 6) is -0.361. The lowest BCUT2D eigenvalue weighted by Gasteiger charge is -2.10. The smallest absolute Gasteiger partial charge is 0.280 e. The van der Waals surface area contributed by atoms with Crippen LogP contribution >= 0.6 is 0 Å². The molecule has 0 aliphatic rings. The van der Waals surface area contributed by atoms with Crippen LogP contribution in [0.1, 0.15) is 0 Å². The van der Waals surface area contributed by atoms with Crippen molar-refractivity contribution in [1.82, 2.24) is 5.32 Å². The number of hydrogen-bond donors (Lipinski definition) is 1. The van der Waals surface area contributed by atoms with Gasteiger partial charge in [-0.25, -0.2) is 0 Å². The molecular weight excluding hydrogens is 134 g/mol. The summed E-state index contributed by atoms with van der Waals surface area (Å²) in [5, 5.41) is 2.32. The van der Waals surface area contributed by atoms with E-state index < -0.39 is 6.29 Å². The molecule has 0 spiro atoms. The van der Waals surface area contributed by atoms with E-state index in [0.29, 0.717) is 0 Å². The number of methoxy groups -OCH3 is 2. The monoisotopic (exact) mass is 145 g/mol. The van der Waals surface area contributed by atoms with Crippen LogP contribution < -0.4 is 5.32 Å². The molecule has 1 amide bonds. The predicted molar refractivity (Wildman–Crippen MR) is 36.1 cm³/mol. The first-order valence-corrected chi connectivity index (χ1v) is 2.73. The molecule has 0 aromatic carbocycles. The molecule has 0 aromatic heterocycles. The Bertz CT molecular complexity index is 120.